The number of aryl methyl sites for hydroxylation is 1. The zero-order valence-corrected chi connectivity index (χ0v) is 15.0. The molecule has 1 aromatic carbocycles. The van der Waals surface area contributed by atoms with Gasteiger partial charge in [0.15, 0.2) is 5.82 Å². The van der Waals surface area contributed by atoms with Crippen molar-refractivity contribution in [2.75, 3.05) is 33.8 Å². The van der Waals surface area contributed by atoms with Gasteiger partial charge in [-0.05, 0) is 44.8 Å². The van der Waals surface area contributed by atoms with Crippen molar-refractivity contribution in [2.45, 2.75) is 19.6 Å². The van der Waals surface area contributed by atoms with Gasteiger partial charge in [0.05, 0.1) is 13.2 Å². The van der Waals surface area contributed by atoms with Crippen molar-refractivity contribution in [3.8, 4) is 0 Å². The van der Waals surface area contributed by atoms with E-state index >= 15 is 0 Å². The Morgan fingerprint density at radius 3 is 2.72 bits per heavy atom. The number of hydrogen-bond donors (Lipinski definition) is 0. The average molecular weight is 340 g/mol. The normalized spacial score (nSPS) is 17.8. The fourth-order valence-electron chi connectivity index (χ4n) is 2.91. The molecule has 0 radical (unpaired) electrons. The van der Waals surface area contributed by atoms with Crippen molar-refractivity contribution in [3.63, 3.8) is 0 Å². The van der Waals surface area contributed by atoms with Crippen LogP contribution >= 0.6 is 0 Å². The van der Waals surface area contributed by atoms with E-state index in [1.807, 2.05) is 56.3 Å². The lowest BCUT2D eigenvalue weighted by atomic mass is 10.1. The van der Waals surface area contributed by atoms with Gasteiger partial charge in [-0.1, -0.05) is 12.1 Å². The highest BCUT2D eigenvalue weighted by Gasteiger charge is 2.27. The Kier molecular flexibility index (Phi) is 5.40. The van der Waals surface area contributed by atoms with Crippen LogP contribution in [0.4, 0.5) is 0 Å². The maximum absolute atomic E-state index is 12.8. The molecule has 1 atom stereocenters. The van der Waals surface area contributed by atoms with Gasteiger partial charge < -0.3 is 14.5 Å². The van der Waals surface area contributed by atoms with Gasteiger partial charge in [-0.25, -0.2) is 9.97 Å². The molecule has 6 heteroatoms. The zero-order valence-electron chi connectivity index (χ0n) is 15.0. The second-order valence-corrected chi connectivity index (χ2v) is 6.60. The molecule has 3 rings (SSSR count). The van der Waals surface area contributed by atoms with Crippen molar-refractivity contribution in [3.05, 3.63) is 59.2 Å². The molecule has 1 amide bonds. The Hall–Kier alpha value is -2.31. The molecule has 2 heterocycles. The highest BCUT2D eigenvalue weighted by Crippen LogP contribution is 2.21. The minimum absolute atomic E-state index is 0.0253. The smallest absolute Gasteiger partial charge is 0.254 e. The number of carbonyl (C=O) groups is 1. The molecule has 25 heavy (non-hydrogen) atoms. The van der Waals surface area contributed by atoms with Gasteiger partial charge in [-0.3, -0.25) is 4.79 Å². The summed E-state index contributed by atoms with van der Waals surface area (Å²) in [4.78, 5) is 25.4. The van der Waals surface area contributed by atoms with Gasteiger partial charge in [0, 0.05) is 30.5 Å². The fraction of sp³-hybridized carbons (Fsp3) is 0.421. The van der Waals surface area contributed by atoms with E-state index in [0.717, 1.165) is 12.2 Å². The van der Waals surface area contributed by atoms with E-state index in [-0.39, 0.29) is 12.0 Å². The second kappa shape index (κ2) is 7.72. The molecule has 0 bridgehead atoms. The number of ether oxygens (including phenoxy) is 1. The summed E-state index contributed by atoms with van der Waals surface area (Å²) in [5.41, 5.74) is 2.79. The lowest BCUT2D eigenvalue weighted by molar-refractivity contribution is -0.0268. The largest absolute Gasteiger partial charge is 0.367 e. The molecule has 2 aromatic rings. The molecule has 1 fully saturated rings. The van der Waals surface area contributed by atoms with Crippen molar-refractivity contribution in [1.82, 2.24) is 19.8 Å². The average Bonchev–Trinajstić information content (AvgIpc) is 2.61. The summed E-state index contributed by atoms with van der Waals surface area (Å²) in [6.07, 6.45) is 1.45. The van der Waals surface area contributed by atoms with Crippen molar-refractivity contribution < 1.29 is 9.53 Å². The van der Waals surface area contributed by atoms with Crippen molar-refractivity contribution in [1.29, 1.82) is 0 Å². The third-order valence-electron chi connectivity index (χ3n) is 4.15. The van der Waals surface area contributed by atoms with Crippen LogP contribution in [0.5, 0.6) is 0 Å². The third kappa shape index (κ3) is 4.41. The number of hydrogen-bond acceptors (Lipinski definition) is 5. The minimum atomic E-state index is -0.273. The molecule has 132 valence electrons. The Balaban J connectivity index is 1.69. The van der Waals surface area contributed by atoms with Crippen LogP contribution in [0, 0.1) is 6.92 Å². The fourth-order valence-corrected chi connectivity index (χ4v) is 2.91. The molecule has 0 spiro atoms. The van der Waals surface area contributed by atoms with Gasteiger partial charge in [-0.2, -0.15) is 0 Å². The summed E-state index contributed by atoms with van der Waals surface area (Å²) in [5.74, 6) is 0.663. The molecule has 1 aliphatic rings. The lowest BCUT2D eigenvalue weighted by Crippen LogP contribution is -2.42. The van der Waals surface area contributed by atoms with Gasteiger partial charge in [0.1, 0.15) is 6.10 Å². The summed E-state index contributed by atoms with van der Waals surface area (Å²) in [6.45, 7) is 4.33. The Morgan fingerprint density at radius 2 is 2.04 bits per heavy atom. The first-order valence-corrected chi connectivity index (χ1v) is 8.47. The third-order valence-corrected chi connectivity index (χ3v) is 4.15. The maximum Gasteiger partial charge on any atom is 0.254 e. The number of carbonyl (C=O) groups excluding carboxylic acids is 1. The van der Waals surface area contributed by atoms with Crippen LogP contribution < -0.4 is 0 Å². The molecule has 1 saturated heterocycles. The Bertz CT molecular complexity index is 730. The lowest BCUT2D eigenvalue weighted by Gasteiger charge is -2.32. The van der Waals surface area contributed by atoms with Gasteiger partial charge >= 0.3 is 0 Å². The van der Waals surface area contributed by atoms with Crippen LogP contribution in [0.15, 0.2) is 36.5 Å². The van der Waals surface area contributed by atoms with Crippen molar-refractivity contribution in [2.24, 2.45) is 0 Å². The van der Waals surface area contributed by atoms with Crippen LogP contribution in [-0.4, -0.2) is 59.5 Å². The van der Waals surface area contributed by atoms with E-state index in [1.165, 1.54) is 5.56 Å². The molecular weight excluding hydrogens is 316 g/mol. The van der Waals surface area contributed by atoms with E-state index in [0.29, 0.717) is 31.1 Å². The van der Waals surface area contributed by atoms with E-state index in [2.05, 4.69) is 14.9 Å². The number of rotatable bonds is 4. The topological polar surface area (TPSA) is 58.6 Å². The summed E-state index contributed by atoms with van der Waals surface area (Å²) in [5, 5.41) is 0. The van der Waals surface area contributed by atoms with Gasteiger partial charge in [0.2, 0.25) is 0 Å². The molecule has 0 N–H and O–H groups in total. The van der Waals surface area contributed by atoms with Crippen LogP contribution in [0.2, 0.25) is 0 Å². The number of benzene rings is 1. The monoisotopic (exact) mass is 340 g/mol. The predicted molar refractivity (Wildman–Crippen MR) is 95.2 cm³/mol. The molecule has 0 aliphatic carbocycles. The summed E-state index contributed by atoms with van der Waals surface area (Å²) in [7, 11) is 4.06. The summed E-state index contributed by atoms with van der Waals surface area (Å²) >= 11 is 0. The zero-order chi connectivity index (χ0) is 17.8. The number of amides is 1. The minimum Gasteiger partial charge on any atom is -0.367 e. The first-order valence-electron chi connectivity index (χ1n) is 8.47. The SMILES string of the molecule is Cc1ccnc(C2CN(C(=O)c3ccc(CN(C)C)cc3)CCO2)n1. The maximum atomic E-state index is 12.8. The number of morpholine rings is 1. The molecule has 1 aliphatic heterocycles. The highest BCUT2D eigenvalue weighted by molar-refractivity contribution is 5.94. The van der Waals surface area contributed by atoms with E-state index < -0.39 is 0 Å². The van der Waals surface area contributed by atoms with Crippen LogP contribution in [0.1, 0.15) is 33.5 Å². The molecule has 6 nitrogen and oxygen atoms in total. The number of nitrogens with zero attached hydrogens (tertiary/aromatic N) is 4. The van der Waals surface area contributed by atoms with E-state index in [9.17, 15) is 4.79 Å². The van der Waals surface area contributed by atoms with Crippen LogP contribution in [-0.2, 0) is 11.3 Å². The van der Waals surface area contributed by atoms with Crippen LogP contribution in [0.3, 0.4) is 0 Å². The first kappa shape index (κ1) is 17.5. The van der Waals surface area contributed by atoms with Gasteiger partial charge in [-0.15, -0.1) is 0 Å². The van der Waals surface area contributed by atoms with Crippen molar-refractivity contribution >= 4 is 5.91 Å². The highest BCUT2D eigenvalue weighted by atomic mass is 16.5. The van der Waals surface area contributed by atoms with E-state index in [4.69, 9.17) is 4.74 Å². The standard InChI is InChI=1S/C19H24N4O2/c1-14-8-9-20-18(21-14)17-13-23(10-11-25-17)19(24)16-6-4-15(5-7-16)12-22(2)3/h4-9,17H,10-13H2,1-3H3. The molecule has 1 unspecified atom stereocenters. The molecule has 1 aromatic heterocycles. The molecular formula is C19H24N4O2. The predicted octanol–water partition coefficient (Wildman–Crippen LogP) is 2.06. The van der Waals surface area contributed by atoms with E-state index in [1.54, 1.807) is 6.20 Å². The Labute approximate surface area is 148 Å². The summed E-state index contributed by atoms with van der Waals surface area (Å²) in [6, 6.07) is 9.66. The number of aromatic nitrogens is 2. The Morgan fingerprint density at radius 1 is 1.28 bits per heavy atom. The van der Waals surface area contributed by atoms with Gasteiger partial charge in [0.25, 0.3) is 5.91 Å². The second-order valence-electron chi connectivity index (χ2n) is 6.60. The quantitative estimate of drug-likeness (QED) is 0.853. The first-order chi connectivity index (χ1) is 12.0. The summed E-state index contributed by atoms with van der Waals surface area (Å²) < 4.78 is 5.77. The van der Waals surface area contributed by atoms with Crippen LogP contribution in [0.25, 0.3) is 0 Å². The molecule has 0 saturated carbocycles.